The van der Waals surface area contributed by atoms with Gasteiger partial charge in [0.05, 0.1) is 11.7 Å². The van der Waals surface area contributed by atoms with E-state index in [2.05, 4.69) is 0 Å². The zero-order valence-corrected chi connectivity index (χ0v) is 12.2. The lowest BCUT2D eigenvalue weighted by molar-refractivity contribution is -0.142. The summed E-state index contributed by atoms with van der Waals surface area (Å²) in [6, 6.07) is 0. The summed E-state index contributed by atoms with van der Waals surface area (Å²) < 4.78 is 25.6. The van der Waals surface area contributed by atoms with Gasteiger partial charge in [-0.05, 0) is 24.7 Å². The van der Waals surface area contributed by atoms with E-state index < -0.39 is 21.9 Å². The molecule has 0 saturated carbocycles. The number of nitrogens with zero attached hydrogens (tertiary/aromatic N) is 1. The first-order valence-corrected chi connectivity index (χ1v) is 7.93. The summed E-state index contributed by atoms with van der Waals surface area (Å²) in [6.45, 7) is 6.58. The van der Waals surface area contributed by atoms with Crippen molar-refractivity contribution in [3.05, 3.63) is 0 Å². The molecule has 1 rings (SSSR count). The van der Waals surface area contributed by atoms with E-state index in [1.165, 1.54) is 4.31 Å². The van der Waals surface area contributed by atoms with Crippen LogP contribution >= 0.6 is 0 Å². The summed E-state index contributed by atoms with van der Waals surface area (Å²) >= 11 is 0. The quantitative estimate of drug-likeness (QED) is 0.846. The fourth-order valence-corrected chi connectivity index (χ4v) is 3.90. The van der Waals surface area contributed by atoms with Crippen molar-refractivity contribution in [1.29, 1.82) is 0 Å². The van der Waals surface area contributed by atoms with Crippen molar-refractivity contribution in [1.82, 2.24) is 4.31 Å². The summed E-state index contributed by atoms with van der Waals surface area (Å²) in [7, 11) is -3.31. The smallest absolute Gasteiger partial charge is 0.307 e. The van der Waals surface area contributed by atoms with Crippen LogP contribution in [0.15, 0.2) is 0 Å². The lowest BCUT2D eigenvalue weighted by Crippen LogP contribution is -2.43. The van der Waals surface area contributed by atoms with E-state index in [0.29, 0.717) is 25.8 Å². The van der Waals surface area contributed by atoms with Crippen LogP contribution in [-0.2, 0) is 14.8 Å². The Kier molecular flexibility index (Phi) is 4.78. The summed E-state index contributed by atoms with van der Waals surface area (Å²) in [4.78, 5) is 10.9. The van der Waals surface area contributed by atoms with Crippen molar-refractivity contribution < 1.29 is 18.3 Å². The van der Waals surface area contributed by atoms with Gasteiger partial charge in [0, 0.05) is 13.1 Å². The van der Waals surface area contributed by atoms with E-state index >= 15 is 0 Å². The SMILES string of the molecule is CC(C)(C)CCS(=O)(=O)N1CCC[C@@H](C(=O)O)C1. The van der Waals surface area contributed by atoms with Gasteiger partial charge in [0.15, 0.2) is 0 Å². The van der Waals surface area contributed by atoms with Gasteiger partial charge in [0.2, 0.25) is 10.0 Å². The van der Waals surface area contributed by atoms with E-state index in [1.54, 1.807) is 0 Å². The molecule has 1 aliphatic rings. The number of hydrogen-bond donors (Lipinski definition) is 1. The fourth-order valence-electron chi connectivity index (χ4n) is 1.96. The Morgan fingerprint density at radius 2 is 2.00 bits per heavy atom. The van der Waals surface area contributed by atoms with E-state index in [4.69, 9.17) is 5.11 Å². The highest BCUT2D eigenvalue weighted by Crippen LogP contribution is 2.23. The molecular formula is C12H23NO4S. The van der Waals surface area contributed by atoms with Gasteiger partial charge in [-0.15, -0.1) is 0 Å². The molecule has 1 saturated heterocycles. The van der Waals surface area contributed by atoms with Gasteiger partial charge in [0.1, 0.15) is 0 Å². The van der Waals surface area contributed by atoms with Gasteiger partial charge < -0.3 is 5.11 Å². The minimum absolute atomic E-state index is 0.0327. The molecule has 0 bridgehead atoms. The molecule has 0 aromatic rings. The third-order valence-electron chi connectivity index (χ3n) is 3.24. The summed E-state index contributed by atoms with van der Waals surface area (Å²) in [5, 5.41) is 8.96. The van der Waals surface area contributed by atoms with E-state index in [0.717, 1.165) is 0 Å². The molecule has 0 aromatic heterocycles. The minimum Gasteiger partial charge on any atom is -0.481 e. The van der Waals surface area contributed by atoms with Gasteiger partial charge >= 0.3 is 5.97 Å². The molecule has 0 amide bonds. The Balaban J connectivity index is 2.64. The average Bonchev–Trinajstić information content (AvgIpc) is 2.26. The molecule has 5 nitrogen and oxygen atoms in total. The number of sulfonamides is 1. The first-order valence-electron chi connectivity index (χ1n) is 6.32. The Morgan fingerprint density at radius 3 is 2.50 bits per heavy atom. The predicted octanol–water partition coefficient (Wildman–Crippen LogP) is 1.55. The Bertz CT molecular complexity index is 397. The number of carboxylic acids is 1. The maximum absolute atomic E-state index is 12.1. The van der Waals surface area contributed by atoms with E-state index in [1.807, 2.05) is 20.8 Å². The molecule has 1 atom stereocenters. The number of carboxylic acid groups (broad SMARTS) is 1. The van der Waals surface area contributed by atoms with E-state index in [-0.39, 0.29) is 17.7 Å². The molecule has 18 heavy (non-hydrogen) atoms. The molecule has 6 heteroatoms. The second-order valence-corrected chi connectivity index (χ2v) is 8.25. The van der Waals surface area contributed by atoms with Crippen LogP contribution in [0.2, 0.25) is 0 Å². The number of hydrogen-bond acceptors (Lipinski definition) is 3. The zero-order valence-electron chi connectivity index (χ0n) is 11.3. The second-order valence-electron chi connectivity index (χ2n) is 6.16. The normalized spacial score (nSPS) is 22.9. The topological polar surface area (TPSA) is 74.7 Å². The average molecular weight is 277 g/mol. The molecule has 0 unspecified atom stereocenters. The van der Waals surface area contributed by atoms with Gasteiger partial charge in [-0.3, -0.25) is 4.79 Å². The molecule has 1 N–H and O–H groups in total. The van der Waals surface area contributed by atoms with Gasteiger partial charge in [-0.25, -0.2) is 12.7 Å². The van der Waals surface area contributed by atoms with Crippen LogP contribution < -0.4 is 0 Å². The van der Waals surface area contributed by atoms with Crippen molar-refractivity contribution in [3.8, 4) is 0 Å². The number of rotatable bonds is 4. The summed E-state index contributed by atoms with van der Waals surface area (Å²) in [6.07, 6.45) is 1.79. The van der Waals surface area contributed by atoms with Crippen molar-refractivity contribution in [2.45, 2.75) is 40.0 Å². The molecule has 106 valence electrons. The largest absolute Gasteiger partial charge is 0.481 e. The first-order chi connectivity index (χ1) is 8.12. The molecule has 0 aromatic carbocycles. The van der Waals surface area contributed by atoms with Crippen LogP contribution in [0.4, 0.5) is 0 Å². The van der Waals surface area contributed by atoms with E-state index in [9.17, 15) is 13.2 Å². The summed E-state index contributed by atoms with van der Waals surface area (Å²) in [5.74, 6) is -1.35. The fraction of sp³-hybridized carbons (Fsp3) is 0.917. The Labute approximate surface area is 109 Å². The Hall–Kier alpha value is -0.620. The van der Waals surface area contributed by atoms with Crippen LogP contribution in [0.25, 0.3) is 0 Å². The standard InChI is InChI=1S/C12H23NO4S/c1-12(2,3)6-8-18(16,17)13-7-4-5-10(9-13)11(14)15/h10H,4-9H2,1-3H3,(H,14,15)/t10-/m1/s1. The van der Waals surface area contributed by atoms with Crippen molar-refractivity contribution >= 4 is 16.0 Å². The molecule has 0 spiro atoms. The second kappa shape index (κ2) is 5.57. The van der Waals surface area contributed by atoms with Crippen LogP contribution in [0.5, 0.6) is 0 Å². The number of aliphatic carboxylic acids is 1. The highest BCUT2D eigenvalue weighted by molar-refractivity contribution is 7.89. The van der Waals surface area contributed by atoms with Gasteiger partial charge in [0.25, 0.3) is 0 Å². The number of piperidine rings is 1. The van der Waals surface area contributed by atoms with Crippen LogP contribution in [0.1, 0.15) is 40.0 Å². The third kappa shape index (κ3) is 4.57. The highest BCUT2D eigenvalue weighted by atomic mass is 32.2. The molecule has 1 fully saturated rings. The third-order valence-corrected chi connectivity index (χ3v) is 5.08. The molecule has 0 radical (unpaired) electrons. The highest BCUT2D eigenvalue weighted by Gasteiger charge is 2.32. The van der Waals surface area contributed by atoms with Crippen LogP contribution in [0, 0.1) is 11.3 Å². The zero-order chi connectivity index (χ0) is 14.0. The van der Waals surface area contributed by atoms with Crippen molar-refractivity contribution in [3.63, 3.8) is 0 Å². The molecule has 1 heterocycles. The first kappa shape index (κ1) is 15.4. The summed E-state index contributed by atoms with van der Waals surface area (Å²) in [5.41, 5.74) is -0.0327. The molecule has 1 aliphatic heterocycles. The van der Waals surface area contributed by atoms with Gasteiger partial charge in [-0.2, -0.15) is 0 Å². The predicted molar refractivity (Wildman–Crippen MR) is 69.8 cm³/mol. The van der Waals surface area contributed by atoms with Crippen molar-refractivity contribution in [2.75, 3.05) is 18.8 Å². The van der Waals surface area contributed by atoms with Crippen LogP contribution in [0.3, 0.4) is 0 Å². The molecular weight excluding hydrogens is 254 g/mol. The Morgan fingerprint density at radius 1 is 1.39 bits per heavy atom. The maximum Gasteiger partial charge on any atom is 0.307 e. The number of carbonyl (C=O) groups is 1. The monoisotopic (exact) mass is 277 g/mol. The lowest BCUT2D eigenvalue weighted by atomic mass is 9.94. The maximum atomic E-state index is 12.1. The van der Waals surface area contributed by atoms with Gasteiger partial charge in [-0.1, -0.05) is 20.8 Å². The molecule has 0 aliphatic carbocycles. The lowest BCUT2D eigenvalue weighted by Gasteiger charge is -2.30. The minimum atomic E-state index is -3.31. The van der Waals surface area contributed by atoms with Crippen molar-refractivity contribution in [2.24, 2.45) is 11.3 Å². The van der Waals surface area contributed by atoms with Crippen LogP contribution in [-0.4, -0.2) is 42.6 Å².